The van der Waals surface area contributed by atoms with Crippen molar-refractivity contribution in [2.45, 2.75) is 141 Å². The number of nitrogens with zero attached hydrogens (tertiary/aromatic N) is 7. The number of aromatic nitrogens is 3. The van der Waals surface area contributed by atoms with E-state index in [4.69, 9.17) is 33.7 Å². The number of carbonyl (C=O) groups excluding carboxylic acids is 3. The summed E-state index contributed by atoms with van der Waals surface area (Å²) in [6.45, 7) is 21.6. The molecule has 2 amide bonds. The minimum absolute atomic E-state index is 0.0176. The van der Waals surface area contributed by atoms with Crippen molar-refractivity contribution in [3.63, 3.8) is 0 Å². The molecule has 9 heterocycles. The fraction of sp³-hybridized carbons (Fsp3) is 0.656. The third kappa shape index (κ3) is 11.3. The van der Waals surface area contributed by atoms with Crippen LogP contribution in [0.1, 0.15) is 114 Å². The maximum absolute atomic E-state index is 15.4. The van der Waals surface area contributed by atoms with Gasteiger partial charge in [-0.2, -0.15) is 0 Å². The molecule has 6 aliphatic heterocycles. The van der Waals surface area contributed by atoms with E-state index in [1.54, 1.807) is 12.1 Å². The van der Waals surface area contributed by atoms with Gasteiger partial charge in [0.15, 0.2) is 0 Å². The lowest BCUT2D eigenvalue weighted by Crippen LogP contribution is -2.72. The molecule has 8 fully saturated rings. The van der Waals surface area contributed by atoms with E-state index in [9.17, 15) is 9.59 Å². The van der Waals surface area contributed by atoms with Gasteiger partial charge in [-0.15, -0.1) is 11.3 Å². The van der Waals surface area contributed by atoms with Crippen LogP contribution in [0, 0.1) is 40.9 Å². The molecular formula is C61H81N9O8S. The highest BCUT2D eigenvalue weighted by atomic mass is 32.1. The number of hydrogen-bond donors (Lipinski definition) is 2. The quantitative estimate of drug-likeness (QED) is 0.115. The summed E-state index contributed by atoms with van der Waals surface area (Å²) in [5, 5.41) is 8.82. The van der Waals surface area contributed by atoms with Crippen molar-refractivity contribution in [1.29, 1.82) is 0 Å². The Labute approximate surface area is 469 Å². The number of carbonyl (C=O) groups is 3. The van der Waals surface area contributed by atoms with Crippen molar-refractivity contribution in [2.24, 2.45) is 29.1 Å². The summed E-state index contributed by atoms with van der Waals surface area (Å²) in [7, 11) is 1.73. The first-order valence-electron chi connectivity index (χ1n) is 29.4. The number of morpholine rings is 1. The predicted molar refractivity (Wildman–Crippen MR) is 302 cm³/mol. The first-order chi connectivity index (χ1) is 38.2. The Morgan fingerprint density at radius 1 is 0.949 bits per heavy atom. The second-order valence-corrected chi connectivity index (χ2v) is 25.6. The van der Waals surface area contributed by atoms with Crippen molar-refractivity contribution < 1.29 is 38.1 Å². The largest absolute Gasteiger partial charge is 0.464 e. The third-order valence-electron chi connectivity index (χ3n) is 18.8. The topological polar surface area (TPSA) is 165 Å². The average Bonchev–Trinajstić information content (AvgIpc) is 4.51. The molecule has 9 aliphatic rings. The average molecular weight is 1100 g/mol. The van der Waals surface area contributed by atoms with Gasteiger partial charge < -0.3 is 33.6 Å². The van der Waals surface area contributed by atoms with E-state index in [0.717, 1.165) is 100 Å². The van der Waals surface area contributed by atoms with Crippen LogP contribution in [0.25, 0.3) is 33.4 Å². The second kappa shape index (κ2) is 22.9. The first kappa shape index (κ1) is 54.8. The molecule has 3 saturated carbocycles. The minimum Gasteiger partial charge on any atom is -0.464 e. The molecule has 8 atom stereocenters. The molecule has 3 aliphatic carbocycles. The molecule has 0 spiro atoms. The Morgan fingerprint density at radius 3 is 2.42 bits per heavy atom. The SMILES string of the molecule is CO[C@@H](C)c1ncc(C#C[C@@H](C)N2CCN(C3CC3)CC2)cc1-c1c2c3cc(ccc3n1CCOC1CCOCC1)-c1csc(n1)[C@@H](N1CCOCC1)[C@H](NC(=O)C1[C@@H](C)[C@H]1C)C(=O)N1N[C@H](C(=O)OCC(C)(C)C2)C2CC1C2. The monoisotopic (exact) mass is 1100 g/mol. The summed E-state index contributed by atoms with van der Waals surface area (Å²) in [5.74, 6) is 6.67. The van der Waals surface area contributed by atoms with Crippen molar-refractivity contribution >= 4 is 40.0 Å². The lowest BCUT2D eigenvalue weighted by Gasteiger charge is -2.53. The van der Waals surface area contributed by atoms with Crippen LogP contribution < -0.4 is 10.7 Å². The molecule has 1 unspecified atom stereocenters. The molecule has 5 saturated heterocycles. The summed E-state index contributed by atoms with van der Waals surface area (Å²) in [4.78, 5) is 62.3. The van der Waals surface area contributed by atoms with Crippen molar-refractivity contribution in [3.05, 3.63) is 57.7 Å². The van der Waals surface area contributed by atoms with Crippen molar-refractivity contribution in [2.75, 3.05) is 86.0 Å². The van der Waals surface area contributed by atoms with Gasteiger partial charge in [-0.1, -0.05) is 45.6 Å². The Kier molecular flexibility index (Phi) is 15.8. The van der Waals surface area contributed by atoms with Crippen LogP contribution in [0.5, 0.6) is 0 Å². The zero-order valence-electron chi connectivity index (χ0n) is 47.3. The number of hydrazine groups is 1. The second-order valence-electron chi connectivity index (χ2n) is 24.7. The van der Waals surface area contributed by atoms with E-state index in [0.29, 0.717) is 71.9 Å². The van der Waals surface area contributed by atoms with E-state index >= 15 is 4.79 Å². The van der Waals surface area contributed by atoms with Crippen LogP contribution in [-0.2, 0) is 51.0 Å². The molecular weight excluding hydrogens is 1020 g/mol. The lowest BCUT2D eigenvalue weighted by molar-refractivity contribution is -0.172. The van der Waals surface area contributed by atoms with Crippen LogP contribution in [0.3, 0.4) is 0 Å². The summed E-state index contributed by atoms with van der Waals surface area (Å²) in [6, 6.07) is 7.24. The number of rotatable bonds is 12. The van der Waals surface area contributed by atoms with Crippen LogP contribution >= 0.6 is 11.3 Å². The fourth-order valence-corrected chi connectivity index (χ4v) is 14.4. The fourth-order valence-electron chi connectivity index (χ4n) is 13.4. The number of fused-ring (bicyclic) bond motifs is 4. The van der Waals surface area contributed by atoms with Gasteiger partial charge >= 0.3 is 5.97 Å². The summed E-state index contributed by atoms with van der Waals surface area (Å²) in [5.41, 5.74) is 10.2. The standard InChI is InChI=1S/C61H81N9O8S/c1-36(66-16-18-67(19-17-66)43-11-12-43)8-9-40-28-47(52(62-33-40)39(4)74-7)55-48-32-61(5,6)35-78-60(73)53-42-29-44(30-42)70(65-53)59(72)54(64-57(71)51-37(2)38(51)3)56(68-20-25-76-26-21-68)58-63-49(34-79-58)41-10-13-50(46(48)31-41)69(55)22-27-77-45-14-23-75-24-15-45/h10,13,28,31,33-34,36-39,42-45,51,53-54,56,65H,11-12,14-27,29-30,32,35H2,1-7H3,(H,64,71)/t36-,37-,38+,39+,42?,44?,51?,53+,54+,56+/m1/s1. The normalized spacial score (nSPS) is 29.7. The van der Waals surface area contributed by atoms with Gasteiger partial charge in [-0.05, 0) is 100 Å². The number of thiazole rings is 1. The van der Waals surface area contributed by atoms with E-state index < -0.39 is 23.5 Å². The zero-order valence-corrected chi connectivity index (χ0v) is 48.2. The molecule has 424 valence electrons. The highest BCUT2D eigenvalue weighted by molar-refractivity contribution is 7.10. The zero-order chi connectivity index (χ0) is 54.7. The van der Waals surface area contributed by atoms with Gasteiger partial charge in [-0.3, -0.25) is 39.1 Å². The number of hydrogen-bond acceptors (Lipinski definition) is 15. The van der Waals surface area contributed by atoms with Crippen molar-refractivity contribution in [3.8, 4) is 34.4 Å². The molecule has 0 radical (unpaired) electrons. The maximum Gasteiger partial charge on any atom is 0.325 e. The molecule has 1 aromatic carbocycles. The Balaban J connectivity index is 0.992. The smallest absolute Gasteiger partial charge is 0.325 e. The number of esters is 1. The van der Waals surface area contributed by atoms with Crippen LogP contribution in [0.4, 0.5) is 0 Å². The minimum atomic E-state index is -0.985. The number of pyridine rings is 1. The van der Waals surface area contributed by atoms with Crippen LogP contribution in [-0.4, -0.2) is 174 Å². The Bertz CT molecular complexity index is 2950. The summed E-state index contributed by atoms with van der Waals surface area (Å²) < 4.78 is 33.2. The molecule has 3 aromatic heterocycles. The molecule has 17 nitrogen and oxygen atoms in total. The maximum atomic E-state index is 15.4. The number of amides is 2. The number of nitrogens with one attached hydrogen (secondary N) is 2. The number of benzene rings is 1. The molecule has 18 heteroatoms. The van der Waals surface area contributed by atoms with Gasteiger partial charge in [0.25, 0.3) is 5.91 Å². The summed E-state index contributed by atoms with van der Waals surface area (Å²) in [6.07, 6.45) is 7.89. The predicted octanol–water partition coefficient (Wildman–Crippen LogP) is 6.63. The highest BCUT2D eigenvalue weighted by Crippen LogP contribution is 2.47. The van der Waals surface area contributed by atoms with E-state index in [1.165, 1.54) is 24.2 Å². The van der Waals surface area contributed by atoms with Gasteiger partial charge in [0.05, 0.1) is 67.8 Å². The van der Waals surface area contributed by atoms with E-state index in [-0.39, 0.29) is 72.4 Å². The van der Waals surface area contributed by atoms with Gasteiger partial charge in [-0.25, -0.2) is 10.4 Å². The summed E-state index contributed by atoms with van der Waals surface area (Å²) >= 11 is 1.51. The Morgan fingerprint density at radius 2 is 1.70 bits per heavy atom. The molecule has 13 rings (SSSR count). The van der Waals surface area contributed by atoms with E-state index in [2.05, 4.69) is 106 Å². The van der Waals surface area contributed by atoms with Gasteiger partial charge in [0.2, 0.25) is 5.91 Å². The molecule has 2 N–H and O–H groups in total. The lowest BCUT2D eigenvalue weighted by atomic mass is 9.73. The number of piperazine rings is 1. The van der Waals surface area contributed by atoms with Crippen LogP contribution in [0.2, 0.25) is 0 Å². The number of cyclic esters (lactones) is 1. The molecule has 8 bridgehead atoms. The Hall–Kier alpha value is -4.81. The number of methoxy groups -OCH3 is 1. The third-order valence-corrected chi connectivity index (χ3v) is 19.7. The molecule has 4 aromatic rings. The van der Waals surface area contributed by atoms with E-state index in [1.807, 2.05) is 13.1 Å². The number of ether oxygens (including phenoxy) is 5. The van der Waals surface area contributed by atoms with Gasteiger partial charge in [0, 0.05) is 129 Å². The first-order valence-corrected chi connectivity index (χ1v) is 30.3. The van der Waals surface area contributed by atoms with Gasteiger partial charge in [0.1, 0.15) is 17.1 Å². The molecule has 79 heavy (non-hydrogen) atoms. The highest BCUT2D eigenvalue weighted by Gasteiger charge is 2.54. The van der Waals surface area contributed by atoms with Crippen LogP contribution in [0.15, 0.2) is 35.8 Å². The van der Waals surface area contributed by atoms with Crippen molar-refractivity contribution in [1.82, 2.24) is 45.0 Å².